The molecule has 0 radical (unpaired) electrons. The molecule has 0 saturated carbocycles. The van der Waals surface area contributed by atoms with E-state index >= 15 is 0 Å². The fourth-order valence-electron chi connectivity index (χ4n) is 2.67. The summed E-state index contributed by atoms with van der Waals surface area (Å²) in [5.74, 6) is 2.24. The van der Waals surface area contributed by atoms with Gasteiger partial charge in [0.15, 0.2) is 0 Å². The lowest BCUT2D eigenvalue weighted by molar-refractivity contribution is -0.119. The summed E-state index contributed by atoms with van der Waals surface area (Å²) in [6.07, 6.45) is 2.05. The number of hydrogen-bond donors (Lipinski definition) is 1. The number of carbonyl (C=O) groups is 1. The highest BCUT2D eigenvalue weighted by Gasteiger charge is 2.24. The lowest BCUT2D eigenvalue weighted by Crippen LogP contribution is -2.47. The van der Waals surface area contributed by atoms with Crippen LogP contribution in [0.4, 0.5) is 5.82 Å². The first-order chi connectivity index (χ1) is 9.51. The molecule has 0 aromatic carbocycles. The number of rotatable bonds is 3. The lowest BCUT2D eigenvalue weighted by Gasteiger charge is -2.34. The van der Waals surface area contributed by atoms with Crippen molar-refractivity contribution in [2.45, 2.75) is 39.7 Å². The summed E-state index contributed by atoms with van der Waals surface area (Å²) in [7, 11) is 1.62. The Kier molecular flexibility index (Phi) is 4.42. The third kappa shape index (κ3) is 3.18. The first-order valence-electron chi connectivity index (χ1n) is 6.92. The number of hydrogen-bond acceptors (Lipinski definition) is 5. The molecule has 1 aromatic rings. The number of piperidine rings is 1. The quantitative estimate of drug-likeness (QED) is 0.900. The summed E-state index contributed by atoms with van der Waals surface area (Å²) in [6, 6.07) is 0.182. The molecule has 1 saturated heterocycles. The Hall–Kier alpha value is -1.85. The normalized spacial score (nSPS) is 18.8. The number of aromatic nitrogens is 2. The van der Waals surface area contributed by atoms with Crippen LogP contribution >= 0.6 is 0 Å². The Morgan fingerprint density at radius 3 is 2.80 bits per heavy atom. The van der Waals surface area contributed by atoms with Gasteiger partial charge in [0, 0.05) is 26.1 Å². The number of nitrogens with one attached hydrogen (secondary N) is 1. The molecule has 0 aliphatic carbocycles. The van der Waals surface area contributed by atoms with Gasteiger partial charge in [-0.3, -0.25) is 4.79 Å². The van der Waals surface area contributed by atoms with Gasteiger partial charge in [-0.2, -0.15) is 4.98 Å². The van der Waals surface area contributed by atoms with Crippen molar-refractivity contribution in [2.24, 2.45) is 0 Å². The van der Waals surface area contributed by atoms with E-state index in [-0.39, 0.29) is 11.9 Å². The summed E-state index contributed by atoms with van der Waals surface area (Å²) in [6.45, 7) is 7.11. The highest BCUT2D eigenvalue weighted by atomic mass is 16.5. The van der Waals surface area contributed by atoms with Gasteiger partial charge in [0.05, 0.1) is 12.7 Å². The molecule has 0 bridgehead atoms. The van der Waals surface area contributed by atoms with E-state index < -0.39 is 0 Å². The Morgan fingerprint density at radius 2 is 2.15 bits per heavy atom. The molecule has 1 fully saturated rings. The van der Waals surface area contributed by atoms with Crippen molar-refractivity contribution in [2.75, 3.05) is 25.1 Å². The van der Waals surface area contributed by atoms with Gasteiger partial charge in [0.1, 0.15) is 11.6 Å². The van der Waals surface area contributed by atoms with E-state index in [9.17, 15) is 4.79 Å². The van der Waals surface area contributed by atoms with Crippen molar-refractivity contribution in [3.05, 3.63) is 11.4 Å². The van der Waals surface area contributed by atoms with Crippen LogP contribution in [0.5, 0.6) is 5.88 Å². The predicted molar refractivity (Wildman–Crippen MR) is 77.1 cm³/mol. The van der Waals surface area contributed by atoms with E-state index in [4.69, 9.17) is 4.74 Å². The number of anilines is 1. The third-order valence-electron chi connectivity index (χ3n) is 3.51. The molecule has 20 heavy (non-hydrogen) atoms. The number of methoxy groups -OCH3 is 1. The highest BCUT2D eigenvalue weighted by Crippen LogP contribution is 2.27. The van der Waals surface area contributed by atoms with Crippen LogP contribution in [0.2, 0.25) is 0 Å². The van der Waals surface area contributed by atoms with Crippen molar-refractivity contribution in [3.8, 4) is 5.88 Å². The zero-order valence-corrected chi connectivity index (χ0v) is 12.6. The van der Waals surface area contributed by atoms with Crippen LogP contribution in [0.1, 0.15) is 31.2 Å². The van der Waals surface area contributed by atoms with Crippen LogP contribution < -0.4 is 15.0 Å². The molecule has 1 unspecified atom stereocenters. The van der Waals surface area contributed by atoms with E-state index in [1.807, 2.05) is 13.8 Å². The second-order valence-corrected chi connectivity index (χ2v) is 5.21. The van der Waals surface area contributed by atoms with Crippen LogP contribution in [0.3, 0.4) is 0 Å². The molecular formula is C14H22N4O2. The van der Waals surface area contributed by atoms with Gasteiger partial charge in [-0.05, 0) is 26.7 Å². The summed E-state index contributed by atoms with van der Waals surface area (Å²) in [5.41, 5.74) is 0.946. The van der Waals surface area contributed by atoms with E-state index in [0.717, 1.165) is 37.3 Å². The van der Waals surface area contributed by atoms with E-state index in [1.54, 1.807) is 14.0 Å². The minimum atomic E-state index is 0.0185. The first-order valence-corrected chi connectivity index (χ1v) is 6.92. The Bertz CT molecular complexity index is 504. The molecule has 1 atom stereocenters. The standard InChI is InChI=1S/C14H22N4O2/c1-9-13(15-10(2)16-14(9)20-4)18-7-5-6-12(8-18)17-11(3)19/h12H,5-8H2,1-4H3,(H,17,19). The van der Waals surface area contributed by atoms with E-state index in [1.165, 1.54) is 0 Å². The maximum Gasteiger partial charge on any atom is 0.221 e. The van der Waals surface area contributed by atoms with Crippen LogP contribution in [0.25, 0.3) is 0 Å². The molecular weight excluding hydrogens is 256 g/mol. The fourth-order valence-corrected chi connectivity index (χ4v) is 2.67. The first kappa shape index (κ1) is 14.6. The van der Waals surface area contributed by atoms with Crippen LogP contribution in [0, 0.1) is 13.8 Å². The number of amides is 1. The van der Waals surface area contributed by atoms with Crippen molar-refractivity contribution >= 4 is 11.7 Å². The Balaban J connectivity index is 2.22. The number of ether oxygens (including phenoxy) is 1. The van der Waals surface area contributed by atoms with Gasteiger partial charge < -0.3 is 15.0 Å². The molecule has 6 nitrogen and oxygen atoms in total. The topological polar surface area (TPSA) is 67.4 Å². The smallest absolute Gasteiger partial charge is 0.221 e. The fraction of sp³-hybridized carbons (Fsp3) is 0.643. The van der Waals surface area contributed by atoms with Gasteiger partial charge >= 0.3 is 0 Å². The summed E-state index contributed by atoms with van der Waals surface area (Å²) in [5, 5.41) is 2.99. The SMILES string of the molecule is COc1nc(C)nc(N2CCCC(NC(C)=O)C2)c1C. The Morgan fingerprint density at radius 1 is 1.40 bits per heavy atom. The van der Waals surface area contributed by atoms with Gasteiger partial charge in [-0.25, -0.2) is 4.98 Å². The largest absolute Gasteiger partial charge is 0.481 e. The summed E-state index contributed by atoms with van der Waals surface area (Å²) >= 11 is 0. The van der Waals surface area contributed by atoms with Crippen molar-refractivity contribution < 1.29 is 9.53 Å². The third-order valence-corrected chi connectivity index (χ3v) is 3.51. The van der Waals surface area contributed by atoms with Gasteiger partial charge in [-0.1, -0.05) is 0 Å². The molecule has 1 amide bonds. The zero-order valence-electron chi connectivity index (χ0n) is 12.6. The van der Waals surface area contributed by atoms with E-state index in [2.05, 4.69) is 20.2 Å². The predicted octanol–water partition coefficient (Wildman–Crippen LogP) is 1.21. The van der Waals surface area contributed by atoms with Crippen molar-refractivity contribution in [3.63, 3.8) is 0 Å². The molecule has 110 valence electrons. The van der Waals surface area contributed by atoms with Crippen LogP contribution in [-0.2, 0) is 4.79 Å². The van der Waals surface area contributed by atoms with Gasteiger partial charge in [0.2, 0.25) is 11.8 Å². The summed E-state index contributed by atoms with van der Waals surface area (Å²) in [4.78, 5) is 22.2. The zero-order chi connectivity index (χ0) is 14.7. The average molecular weight is 278 g/mol. The molecule has 1 N–H and O–H groups in total. The van der Waals surface area contributed by atoms with Crippen LogP contribution in [0.15, 0.2) is 0 Å². The highest BCUT2D eigenvalue weighted by molar-refractivity contribution is 5.73. The number of nitrogens with zero attached hydrogens (tertiary/aromatic N) is 3. The number of aryl methyl sites for hydroxylation is 1. The second-order valence-electron chi connectivity index (χ2n) is 5.21. The molecule has 2 heterocycles. The minimum Gasteiger partial charge on any atom is -0.481 e. The maximum atomic E-state index is 11.2. The monoisotopic (exact) mass is 278 g/mol. The lowest BCUT2D eigenvalue weighted by atomic mass is 10.1. The average Bonchev–Trinajstić information content (AvgIpc) is 2.40. The molecule has 0 spiro atoms. The van der Waals surface area contributed by atoms with Gasteiger partial charge in [0.25, 0.3) is 0 Å². The maximum absolute atomic E-state index is 11.2. The van der Waals surface area contributed by atoms with Crippen molar-refractivity contribution in [1.82, 2.24) is 15.3 Å². The Labute approximate surface area is 119 Å². The molecule has 2 rings (SSSR count). The molecule has 1 aliphatic rings. The van der Waals surface area contributed by atoms with Crippen LogP contribution in [-0.4, -0.2) is 42.1 Å². The van der Waals surface area contributed by atoms with Gasteiger partial charge in [-0.15, -0.1) is 0 Å². The minimum absolute atomic E-state index is 0.0185. The number of carbonyl (C=O) groups excluding carboxylic acids is 1. The van der Waals surface area contributed by atoms with E-state index in [0.29, 0.717) is 11.7 Å². The molecule has 1 aromatic heterocycles. The molecule has 1 aliphatic heterocycles. The molecule has 6 heteroatoms. The second kappa shape index (κ2) is 6.07. The summed E-state index contributed by atoms with van der Waals surface area (Å²) < 4.78 is 5.30. The van der Waals surface area contributed by atoms with Crippen molar-refractivity contribution in [1.29, 1.82) is 0 Å².